The summed E-state index contributed by atoms with van der Waals surface area (Å²) in [5.74, 6) is -3.51. The molecule has 11 heteroatoms. The number of alkyl halides is 3. The van der Waals surface area contributed by atoms with E-state index in [2.05, 4.69) is 4.98 Å². The zero-order valence-electron chi connectivity index (χ0n) is 18.0. The Kier molecular flexibility index (Phi) is 6.88. The fourth-order valence-corrected chi connectivity index (χ4v) is 4.11. The summed E-state index contributed by atoms with van der Waals surface area (Å²) in [4.78, 5) is 32.1. The number of amides is 1. The number of pyridine rings is 1. The lowest BCUT2D eigenvalue weighted by molar-refractivity contribution is -0.141. The van der Waals surface area contributed by atoms with Gasteiger partial charge in [0.2, 0.25) is 5.91 Å². The van der Waals surface area contributed by atoms with Crippen molar-refractivity contribution in [1.82, 2.24) is 4.98 Å². The molecular weight excluding hydrogens is 466 g/mol. The van der Waals surface area contributed by atoms with Crippen molar-refractivity contribution in [2.75, 3.05) is 16.3 Å². The molecule has 2 aromatic rings. The highest BCUT2D eigenvalue weighted by Gasteiger charge is 2.44. The molecule has 1 aromatic heterocycles. The Hall–Kier alpha value is -2.88. The first-order valence-corrected chi connectivity index (χ1v) is 10.5. The van der Waals surface area contributed by atoms with Crippen molar-refractivity contribution < 1.29 is 32.3 Å². The van der Waals surface area contributed by atoms with Crippen LogP contribution in [-0.4, -0.2) is 40.6 Å². The first kappa shape index (κ1) is 24.8. The Balaban J connectivity index is 2.06. The lowest BCUT2D eigenvalue weighted by atomic mass is 10.0. The van der Waals surface area contributed by atoms with E-state index in [4.69, 9.17) is 11.6 Å². The number of carbonyl (C=O) groups is 2. The molecule has 178 valence electrons. The minimum atomic E-state index is -4.64. The molecule has 1 saturated heterocycles. The van der Waals surface area contributed by atoms with Gasteiger partial charge in [0.25, 0.3) is 0 Å². The Morgan fingerprint density at radius 1 is 1.24 bits per heavy atom. The maximum absolute atomic E-state index is 13.7. The standard InChI is InChI=1S/C22H22ClF4N3O3/c1-11(2)30(15-4-5-17(24)16(23)9-15)20(31)18-7-13(21(32)33)10-29(18)19-8-14(22(25,26)27)6-12(3)28-19/h4-6,8-9,11,13,18H,7,10H2,1-3H3,(H,32,33). The molecule has 0 aliphatic carbocycles. The number of anilines is 2. The molecule has 1 N–H and O–H groups in total. The molecule has 1 aromatic carbocycles. The summed E-state index contributed by atoms with van der Waals surface area (Å²) in [5.41, 5.74) is -0.579. The largest absolute Gasteiger partial charge is 0.481 e. The number of nitrogens with zero attached hydrogens (tertiary/aromatic N) is 3. The summed E-state index contributed by atoms with van der Waals surface area (Å²) in [6, 6.07) is 3.91. The van der Waals surface area contributed by atoms with Crippen LogP contribution >= 0.6 is 11.6 Å². The van der Waals surface area contributed by atoms with Crippen molar-refractivity contribution in [2.45, 2.75) is 45.5 Å². The Bertz CT molecular complexity index is 1080. The third-order valence-corrected chi connectivity index (χ3v) is 5.72. The van der Waals surface area contributed by atoms with E-state index in [1.807, 2.05) is 0 Å². The van der Waals surface area contributed by atoms with Gasteiger partial charge in [-0.1, -0.05) is 11.6 Å². The number of aryl methyl sites for hydroxylation is 1. The van der Waals surface area contributed by atoms with Gasteiger partial charge in [-0.2, -0.15) is 13.2 Å². The van der Waals surface area contributed by atoms with Crippen LogP contribution in [0.3, 0.4) is 0 Å². The Morgan fingerprint density at radius 3 is 2.45 bits per heavy atom. The molecule has 1 amide bonds. The van der Waals surface area contributed by atoms with Crippen LogP contribution in [-0.2, 0) is 15.8 Å². The Morgan fingerprint density at radius 2 is 1.91 bits per heavy atom. The lowest BCUT2D eigenvalue weighted by Gasteiger charge is -2.33. The van der Waals surface area contributed by atoms with Gasteiger partial charge in [-0.25, -0.2) is 9.37 Å². The lowest BCUT2D eigenvalue weighted by Crippen LogP contribution is -2.49. The molecule has 6 nitrogen and oxygen atoms in total. The third kappa shape index (κ3) is 5.21. The Labute approximate surface area is 192 Å². The van der Waals surface area contributed by atoms with Gasteiger partial charge in [0, 0.05) is 24.0 Å². The van der Waals surface area contributed by atoms with E-state index in [9.17, 15) is 32.3 Å². The normalized spacial score (nSPS) is 18.6. The minimum Gasteiger partial charge on any atom is -0.481 e. The summed E-state index contributed by atoms with van der Waals surface area (Å²) in [6.45, 7) is 4.61. The predicted octanol–water partition coefficient (Wildman–Crippen LogP) is 4.92. The summed E-state index contributed by atoms with van der Waals surface area (Å²) in [6.07, 6.45) is -4.76. The summed E-state index contributed by atoms with van der Waals surface area (Å²) in [7, 11) is 0. The molecule has 1 fully saturated rings. The first-order valence-electron chi connectivity index (χ1n) is 10.1. The van der Waals surface area contributed by atoms with E-state index in [0.717, 1.165) is 18.2 Å². The van der Waals surface area contributed by atoms with Gasteiger partial charge in [-0.05, 0) is 57.5 Å². The molecule has 0 spiro atoms. The van der Waals surface area contributed by atoms with Gasteiger partial charge in [0.1, 0.15) is 17.7 Å². The maximum Gasteiger partial charge on any atom is 0.416 e. The second kappa shape index (κ2) is 9.17. The monoisotopic (exact) mass is 487 g/mol. The van der Waals surface area contributed by atoms with Crippen molar-refractivity contribution in [2.24, 2.45) is 5.92 Å². The van der Waals surface area contributed by atoms with Crippen molar-refractivity contribution in [3.63, 3.8) is 0 Å². The number of benzene rings is 1. The van der Waals surface area contributed by atoms with Crippen LogP contribution in [0, 0.1) is 18.7 Å². The van der Waals surface area contributed by atoms with Crippen molar-refractivity contribution in [1.29, 1.82) is 0 Å². The van der Waals surface area contributed by atoms with E-state index >= 15 is 0 Å². The highest BCUT2D eigenvalue weighted by molar-refractivity contribution is 6.31. The number of carboxylic acid groups (broad SMARTS) is 1. The third-order valence-electron chi connectivity index (χ3n) is 5.43. The van der Waals surface area contributed by atoms with Crippen LogP contribution in [0.4, 0.5) is 29.1 Å². The minimum absolute atomic E-state index is 0.0795. The van der Waals surface area contributed by atoms with Gasteiger partial charge in [-0.15, -0.1) is 0 Å². The van der Waals surface area contributed by atoms with Gasteiger partial charge in [0.05, 0.1) is 16.5 Å². The molecule has 0 radical (unpaired) electrons. The van der Waals surface area contributed by atoms with Crippen LogP contribution in [0.2, 0.25) is 5.02 Å². The average molecular weight is 488 g/mol. The second-order valence-corrected chi connectivity index (χ2v) is 8.60. The highest BCUT2D eigenvalue weighted by atomic mass is 35.5. The molecule has 1 aliphatic heterocycles. The molecule has 2 atom stereocenters. The fourth-order valence-electron chi connectivity index (χ4n) is 3.94. The molecule has 3 rings (SSSR count). The van der Waals surface area contributed by atoms with E-state index in [-0.39, 0.29) is 35.2 Å². The van der Waals surface area contributed by atoms with Crippen molar-refractivity contribution in [3.05, 3.63) is 52.4 Å². The maximum atomic E-state index is 13.7. The van der Waals surface area contributed by atoms with Crippen molar-refractivity contribution in [3.8, 4) is 0 Å². The van der Waals surface area contributed by atoms with Crippen LogP contribution in [0.1, 0.15) is 31.5 Å². The van der Waals surface area contributed by atoms with E-state index in [1.54, 1.807) is 13.8 Å². The molecule has 0 saturated carbocycles. The number of carboxylic acids is 1. The smallest absolute Gasteiger partial charge is 0.416 e. The fraction of sp³-hybridized carbons (Fsp3) is 0.409. The summed E-state index contributed by atoms with van der Waals surface area (Å²) < 4.78 is 53.7. The van der Waals surface area contributed by atoms with Gasteiger partial charge in [-0.3, -0.25) is 9.59 Å². The number of aliphatic carboxylic acids is 1. The molecule has 1 aliphatic rings. The number of halogens is 5. The summed E-state index contributed by atoms with van der Waals surface area (Å²) >= 11 is 5.88. The molecule has 2 unspecified atom stereocenters. The number of carbonyl (C=O) groups excluding carboxylic acids is 1. The number of aromatic nitrogens is 1. The van der Waals surface area contributed by atoms with Crippen LogP contribution in [0.25, 0.3) is 0 Å². The van der Waals surface area contributed by atoms with Gasteiger partial charge < -0.3 is 14.9 Å². The molecule has 2 heterocycles. The number of rotatable bonds is 5. The zero-order chi connectivity index (χ0) is 24.7. The van der Waals surface area contributed by atoms with Crippen LogP contribution < -0.4 is 9.80 Å². The van der Waals surface area contributed by atoms with Crippen LogP contribution in [0.15, 0.2) is 30.3 Å². The number of hydrogen-bond donors (Lipinski definition) is 1. The number of hydrogen-bond acceptors (Lipinski definition) is 4. The van der Waals surface area contributed by atoms with Crippen LogP contribution in [0.5, 0.6) is 0 Å². The molecule has 33 heavy (non-hydrogen) atoms. The molecule has 0 bridgehead atoms. The van der Waals surface area contributed by atoms with Gasteiger partial charge >= 0.3 is 12.1 Å². The molecular formula is C22H22ClF4N3O3. The second-order valence-electron chi connectivity index (χ2n) is 8.19. The quantitative estimate of drug-likeness (QED) is 0.606. The van der Waals surface area contributed by atoms with Gasteiger partial charge in [0.15, 0.2) is 0 Å². The van der Waals surface area contributed by atoms with E-state index in [0.29, 0.717) is 0 Å². The van der Waals surface area contributed by atoms with Crippen molar-refractivity contribution >= 4 is 35.0 Å². The zero-order valence-corrected chi connectivity index (χ0v) is 18.8. The summed E-state index contributed by atoms with van der Waals surface area (Å²) in [5, 5.41) is 9.34. The average Bonchev–Trinajstić information content (AvgIpc) is 3.15. The highest BCUT2D eigenvalue weighted by Crippen LogP contribution is 2.36. The topological polar surface area (TPSA) is 73.7 Å². The van der Waals surface area contributed by atoms with E-state index < -0.39 is 47.4 Å². The first-order chi connectivity index (χ1) is 15.3. The SMILES string of the molecule is Cc1cc(C(F)(F)F)cc(N2CC(C(=O)O)CC2C(=O)N(c2ccc(F)c(Cl)c2)C(C)C)n1. The van der Waals surface area contributed by atoms with E-state index in [1.165, 1.54) is 28.9 Å². The predicted molar refractivity (Wildman–Crippen MR) is 115 cm³/mol.